The van der Waals surface area contributed by atoms with Gasteiger partial charge in [0.1, 0.15) is 10.8 Å². The summed E-state index contributed by atoms with van der Waals surface area (Å²) in [6.45, 7) is 5.04. The van der Waals surface area contributed by atoms with Gasteiger partial charge in [-0.15, -0.1) is 0 Å². The Morgan fingerprint density at radius 2 is 1.97 bits per heavy atom. The van der Waals surface area contributed by atoms with Gasteiger partial charge >= 0.3 is 0 Å². The molecule has 176 valence electrons. The number of nitrogens with one attached hydrogen (secondary N) is 1. The van der Waals surface area contributed by atoms with Gasteiger partial charge in [0.05, 0.1) is 36.7 Å². The molecule has 2 fully saturated rings. The molecular weight excluding hydrogens is 448 g/mol. The lowest BCUT2D eigenvalue weighted by atomic mass is 9.87. The molecule has 0 atom stereocenters. The van der Waals surface area contributed by atoms with E-state index in [-0.39, 0.29) is 22.4 Å². The van der Waals surface area contributed by atoms with E-state index in [4.69, 9.17) is 21.9 Å². The van der Waals surface area contributed by atoms with E-state index in [1.807, 2.05) is 12.3 Å². The van der Waals surface area contributed by atoms with Crippen molar-refractivity contribution < 1.29 is 13.5 Å². The van der Waals surface area contributed by atoms with Crippen molar-refractivity contribution in [2.45, 2.75) is 45.1 Å². The van der Waals surface area contributed by atoms with Gasteiger partial charge in [-0.2, -0.15) is 10.2 Å². The van der Waals surface area contributed by atoms with Crippen molar-refractivity contribution in [2.75, 3.05) is 36.5 Å². The lowest BCUT2D eigenvalue weighted by Gasteiger charge is -2.27. The normalized spacial score (nSPS) is 21.6. The first-order chi connectivity index (χ1) is 16.0. The van der Waals surface area contributed by atoms with Crippen LogP contribution in [-0.2, 0) is 4.74 Å². The summed E-state index contributed by atoms with van der Waals surface area (Å²) in [6, 6.07) is 2.03. The van der Waals surface area contributed by atoms with Crippen LogP contribution in [0.25, 0.3) is 5.65 Å². The van der Waals surface area contributed by atoms with Crippen molar-refractivity contribution >= 4 is 34.4 Å². The molecule has 11 heteroatoms. The van der Waals surface area contributed by atoms with E-state index in [1.54, 1.807) is 21.6 Å². The Bertz CT molecular complexity index is 1130. The van der Waals surface area contributed by atoms with Crippen LogP contribution >= 0.6 is 12.2 Å². The zero-order chi connectivity index (χ0) is 22.9. The van der Waals surface area contributed by atoms with Crippen molar-refractivity contribution in [3.63, 3.8) is 0 Å². The van der Waals surface area contributed by atoms with Crippen LogP contribution < -0.4 is 10.2 Å². The molecule has 5 rings (SSSR count). The Balaban J connectivity index is 1.40. The first-order valence-corrected chi connectivity index (χ1v) is 11.8. The zero-order valence-corrected chi connectivity index (χ0v) is 19.3. The minimum Gasteiger partial charge on any atom is -0.378 e. The van der Waals surface area contributed by atoms with Gasteiger partial charge in [0.15, 0.2) is 11.3 Å². The topological polar surface area (TPSA) is 72.5 Å². The van der Waals surface area contributed by atoms with Gasteiger partial charge in [0.25, 0.3) is 6.43 Å². The summed E-state index contributed by atoms with van der Waals surface area (Å²) in [6.07, 6.45) is 6.43. The van der Waals surface area contributed by atoms with Crippen LogP contribution in [0.1, 0.15) is 56.3 Å². The van der Waals surface area contributed by atoms with Crippen LogP contribution in [0.15, 0.2) is 24.7 Å². The largest absolute Gasteiger partial charge is 0.378 e. The molecule has 1 N–H and O–H groups in total. The molecular formula is C22H27F2N7OS. The van der Waals surface area contributed by atoms with Gasteiger partial charge in [-0.05, 0) is 37.7 Å². The van der Waals surface area contributed by atoms with Gasteiger partial charge < -0.3 is 15.0 Å². The molecule has 0 spiro atoms. The van der Waals surface area contributed by atoms with Crippen molar-refractivity contribution in [2.24, 2.45) is 5.92 Å². The quantitative estimate of drug-likeness (QED) is 0.554. The molecule has 33 heavy (non-hydrogen) atoms. The standard InChI is InChI=1S/C22H27F2N7OS/c1-14-2-4-15(5-3-14)31-13-17(19(28-31)20(23)24)26-22(33)16-12-25-30-7-6-18(27-21(16)30)29-8-10-32-11-9-29/h6-7,12-15,20H,2-5,8-11H2,1H3,(H,26,33). The predicted octanol–water partition coefficient (Wildman–Crippen LogP) is 4.24. The number of ether oxygens (including phenoxy) is 1. The first kappa shape index (κ1) is 22.1. The highest BCUT2D eigenvalue weighted by Gasteiger charge is 2.26. The van der Waals surface area contributed by atoms with E-state index in [1.165, 1.54) is 0 Å². The predicted molar refractivity (Wildman–Crippen MR) is 125 cm³/mol. The van der Waals surface area contributed by atoms with E-state index in [2.05, 4.69) is 27.3 Å². The van der Waals surface area contributed by atoms with Crippen LogP contribution in [0, 0.1) is 5.92 Å². The molecule has 0 unspecified atom stereocenters. The highest BCUT2D eigenvalue weighted by Crippen LogP contribution is 2.34. The highest BCUT2D eigenvalue weighted by molar-refractivity contribution is 7.81. The van der Waals surface area contributed by atoms with Crippen molar-refractivity contribution in [3.05, 3.63) is 35.9 Å². The van der Waals surface area contributed by atoms with Crippen LogP contribution in [0.2, 0.25) is 0 Å². The number of nitrogens with zero attached hydrogens (tertiary/aromatic N) is 6. The average Bonchev–Trinajstić information content (AvgIpc) is 3.44. The average molecular weight is 476 g/mol. The van der Waals surface area contributed by atoms with E-state index in [0.29, 0.717) is 30.3 Å². The SMILES string of the molecule is CC1CCC(n2cc(NC(=S)c3cnn4ccc(N5CCOCC5)nc34)c(C(F)F)n2)CC1. The number of hydrogen-bond donors (Lipinski definition) is 1. The molecule has 0 amide bonds. The fourth-order valence-corrected chi connectivity index (χ4v) is 4.79. The number of morpholine rings is 1. The maximum atomic E-state index is 13.8. The summed E-state index contributed by atoms with van der Waals surface area (Å²) in [5, 5.41) is 11.5. The number of halogens is 2. The number of rotatable bonds is 5. The lowest BCUT2D eigenvalue weighted by Crippen LogP contribution is -2.36. The number of alkyl halides is 2. The fraction of sp³-hybridized carbons (Fsp3) is 0.545. The second-order valence-electron chi connectivity index (χ2n) is 8.79. The lowest BCUT2D eigenvalue weighted by molar-refractivity contribution is 0.122. The third-order valence-electron chi connectivity index (χ3n) is 6.51. The minimum atomic E-state index is -2.70. The molecule has 0 bridgehead atoms. The number of hydrogen-bond acceptors (Lipinski definition) is 6. The van der Waals surface area contributed by atoms with Crippen LogP contribution in [0.3, 0.4) is 0 Å². The minimum absolute atomic E-state index is 0.137. The molecule has 1 aliphatic heterocycles. The van der Waals surface area contributed by atoms with Gasteiger partial charge in [-0.3, -0.25) is 4.68 Å². The Morgan fingerprint density at radius 1 is 1.21 bits per heavy atom. The Morgan fingerprint density at radius 3 is 2.70 bits per heavy atom. The summed E-state index contributed by atoms with van der Waals surface area (Å²) >= 11 is 5.59. The van der Waals surface area contributed by atoms with Crippen molar-refractivity contribution in [1.82, 2.24) is 24.4 Å². The summed E-state index contributed by atoms with van der Waals surface area (Å²) in [5.74, 6) is 1.48. The highest BCUT2D eigenvalue weighted by atomic mass is 32.1. The molecule has 0 radical (unpaired) electrons. The first-order valence-electron chi connectivity index (χ1n) is 11.3. The van der Waals surface area contributed by atoms with Crippen LogP contribution in [0.5, 0.6) is 0 Å². The van der Waals surface area contributed by atoms with Gasteiger partial charge in [0.2, 0.25) is 0 Å². The van der Waals surface area contributed by atoms with E-state index in [9.17, 15) is 8.78 Å². The third kappa shape index (κ3) is 4.56. The summed E-state index contributed by atoms with van der Waals surface area (Å²) in [7, 11) is 0. The van der Waals surface area contributed by atoms with Gasteiger partial charge in [-0.25, -0.2) is 18.3 Å². The van der Waals surface area contributed by atoms with Crippen LogP contribution in [0.4, 0.5) is 20.3 Å². The van der Waals surface area contributed by atoms with E-state index < -0.39 is 6.43 Å². The van der Waals surface area contributed by atoms with Crippen molar-refractivity contribution in [3.8, 4) is 0 Å². The Kier molecular flexibility index (Phi) is 6.24. The maximum Gasteiger partial charge on any atom is 0.284 e. The van der Waals surface area contributed by atoms with E-state index in [0.717, 1.165) is 44.6 Å². The molecule has 4 heterocycles. The van der Waals surface area contributed by atoms with Gasteiger partial charge in [0, 0.05) is 25.5 Å². The number of thiocarbonyl (C=S) groups is 1. The fourth-order valence-electron chi connectivity index (χ4n) is 4.53. The second-order valence-corrected chi connectivity index (χ2v) is 9.20. The Hall–Kier alpha value is -2.66. The molecule has 1 aliphatic carbocycles. The smallest absolute Gasteiger partial charge is 0.284 e. The summed E-state index contributed by atoms with van der Waals surface area (Å²) < 4.78 is 36.3. The summed E-state index contributed by atoms with van der Waals surface area (Å²) in [4.78, 5) is 7.17. The molecule has 3 aromatic heterocycles. The number of anilines is 2. The monoisotopic (exact) mass is 475 g/mol. The molecule has 3 aromatic rings. The zero-order valence-electron chi connectivity index (χ0n) is 18.5. The third-order valence-corrected chi connectivity index (χ3v) is 6.83. The van der Waals surface area contributed by atoms with Crippen molar-refractivity contribution in [1.29, 1.82) is 0 Å². The van der Waals surface area contributed by atoms with Gasteiger partial charge in [-0.1, -0.05) is 19.1 Å². The molecule has 8 nitrogen and oxygen atoms in total. The molecule has 1 saturated carbocycles. The molecule has 1 saturated heterocycles. The van der Waals surface area contributed by atoms with Crippen LogP contribution in [-0.4, -0.2) is 55.7 Å². The Labute approximate surface area is 195 Å². The number of fused-ring (bicyclic) bond motifs is 1. The second kappa shape index (κ2) is 9.30. The molecule has 2 aliphatic rings. The molecule has 0 aromatic carbocycles. The maximum absolute atomic E-state index is 13.8. The number of aromatic nitrogens is 5. The van der Waals surface area contributed by atoms with E-state index >= 15 is 0 Å². The summed E-state index contributed by atoms with van der Waals surface area (Å²) in [5.41, 5.74) is 1.11.